The minimum absolute atomic E-state index is 0.0146. The zero-order chi connectivity index (χ0) is 10.1. The normalized spacial score (nSPS) is 27.5. The second-order valence-electron chi connectivity index (χ2n) is 2.69. The highest BCUT2D eigenvalue weighted by atomic mass is 16.7. The summed E-state index contributed by atoms with van der Waals surface area (Å²) in [4.78, 5) is 19.6. The third-order valence-electron chi connectivity index (χ3n) is 1.61. The monoisotopic (exact) mass is 185 g/mol. The Bertz CT molecular complexity index is 319. The van der Waals surface area contributed by atoms with Crippen molar-refractivity contribution in [1.29, 1.82) is 0 Å². The first kappa shape index (κ1) is 9.40. The number of carbonyl (C=O) groups excluding carboxylic acids is 1. The lowest BCUT2D eigenvalue weighted by molar-refractivity contribution is -0.592. The Kier molecular flexibility index (Phi) is 2.16. The van der Waals surface area contributed by atoms with Crippen molar-refractivity contribution < 1.29 is 19.9 Å². The van der Waals surface area contributed by atoms with Gasteiger partial charge in [-0.2, -0.15) is 0 Å². The Balaban J connectivity index is 3.10. The number of hydrogen-bond donors (Lipinski definition) is 2. The van der Waals surface area contributed by atoms with Crippen molar-refractivity contribution in [3.8, 4) is 0 Å². The van der Waals surface area contributed by atoms with Gasteiger partial charge >= 0.3 is 5.72 Å². The molecule has 0 amide bonds. The highest BCUT2D eigenvalue weighted by Gasteiger charge is 2.39. The van der Waals surface area contributed by atoms with Crippen LogP contribution in [0.4, 0.5) is 0 Å². The molecule has 0 heterocycles. The maximum Gasteiger partial charge on any atom is 0.366 e. The number of aldehydes is 1. The van der Waals surface area contributed by atoms with E-state index >= 15 is 0 Å². The molecular weight excluding hydrogens is 178 g/mol. The SMILES string of the molecule is O=CC1=CC(O)([N+](=O)[O-])C=C(O)C1. The second-order valence-corrected chi connectivity index (χ2v) is 2.69. The van der Waals surface area contributed by atoms with E-state index in [1.54, 1.807) is 0 Å². The molecule has 6 heteroatoms. The van der Waals surface area contributed by atoms with E-state index in [4.69, 9.17) is 5.11 Å². The van der Waals surface area contributed by atoms with Gasteiger partial charge in [0.1, 0.15) is 12.0 Å². The number of rotatable bonds is 2. The predicted molar refractivity (Wildman–Crippen MR) is 41.4 cm³/mol. The Labute approximate surface area is 72.9 Å². The molecule has 0 aromatic heterocycles. The lowest BCUT2D eigenvalue weighted by Crippen LogP contribution is -2.36. The molecule has 1 aliphatic rings. The lowest BCUT2D eigenvalue weighted by Gasteiger charge is -2.16. The standard InChI is InChI=1S/C7H7NO5/c9-4-5-1-6(10)3-7(11,2-5)8(12)13/h2-4,10-11H,1H2. The van der Waals surface area contributed by atoms with Crippen LogP contribution in [0.2, 0.25) is 0 Å². The van der Waals surface area contributed by atoms with Gasteiger partial charge in [0.2, 0.25) is 0 Å². The molecular formula is C7H7NO5. The molecule has 0 aromatic carbocycles. The molecule has 70 valence electrons. The molecule has 0 saturated carbocycles. The van der Waals surface area contributed by atoms with Gasteiger partial charge in [-0.15, -0.1) is 0 Å². The smallest absolute Gasteiger partial charge is 0.366 e. The van der Waals surface area contributed by atoms with Crippen LogP contribution in [0.5, 0.6) is 0 Å². The maximum atomic E-state index is 10.3. The molecule has 0 spiro atoms. The fourth-order valence-electron chi connectivity index (χ4n) is 1.05. The van der Waals surface area contributed by atoms with Crippen molar-refractivity contribution in [1.82, 2.24) is 0 Å². The molecule has 1 atom stereocenters. The molecule has 0 aliphatic heterocycles. The molecule has 0 bridgehead atoms. The Morgan fingerprint density at radius 3 is 2.69 bits per heavy atom. The summed E-state index contributed by atoms with van der Waals surface area (Å²) < 4.78 is 0. The fourth-order valence-corrected chi connectivity index (χ4v) is 1.05. The van der Waals surface area contributed by atoms with E-state index in [1.807, 2.05) is 0 Å². The number of nitrogens with zero attached hydrogens (tertiary/aromatic N) is 1. The quantitative estimate of drug-likeness (QED) is 0.271. The molecule has 13 heavy (non-hydrogen) atoms. The van der Waals surface area contributed by atoms with Gasteiger partial charge in [-0.05, 0) is 0 Å². The first-order valence-electron chi connectivity index (χ1n) is 3.42. The third-order valence-corrected chi connectivity index (χ3v) is 1.61. The van der Waals surface area contributed by atoms with Crippen molar-refractivity contribution in [3.05, 3.63) is 33.6 Å². The van der Waals surface area contributed by atoms with Gasteiger partial charge in [0.25, 0.3) is 0 Å². The molecule has 2 N–H and O–H groups in total. The van der Waals surface area contributed by atoms with Crippen molar-refractivity contribution in [2.45, 2.75) is 12.1 Å². The van der Waals surface area contributed by atoms with E-state index in [1.165, 1.54) is 0 Å². The molecule has 1 rings (SSSR count). The maximum absolute atomic E-state index is 10.3. The van der Waals surface area contributed by atoms with Gasteiger partial charge in [0, 0.05) is 18.1 Å². The summed E-state index contributed by atoms with van der Waals surface area (Å²) >= 11 is 0. The van der Waals surface area contributed by atoms with Crippen LogP contribution in [-0.2, 0) is 4.79 Å². The van der Waals surface area contributed by atoms with E-state index in [0.717, 1.165) is 6.08 Å². The minimum atomic E-state index is -2.46. The molecule has 0 saturated heterocycles. The lowest BCUT2D eigenvalue weighted by atomic mass is 10.00. The third kappa shape index (κ3) is 1.73. The Morgan fingerprint density at radius 1 is 1.62 bits per heavy atom. The summed E-state index contributed by atoms with van der Waals surface area (Å²) in [6, 6.07) is 0. The van der Waals surface area contributed by atoms with E-state index in [-0.39, 0.29) is 17.8 Å². The molecule has 6 nitrogen and oxygen atoms in total. The molecule has 1 unspecified atom stereocenters. The first-order chi connectivity index (χ1) is 5.98. The molecule has 0 radical (unpaired) electrons. The largest absolute Gasteiger partial charge is 0.512 e. The summed E-state index contributed by atoms with van der Waals surface area (Å²) in [6.07, 6.45) is 1.77. The van der Waals surface area contributed by atoms with Crippen LogP contribution in [0, 0.1) is 10.1 Å². The predicted octanol–water partition coefficient (Wildman–Crippen LogP) is -0.0774. The van der Waals surface area contributed by atoms with Gasteiger partial charge in [-0.25, -0.2) is 0 Å². The van der Waals surface area contributed by atoms with Crippen molar-refractivity contribution >= 4 is 6.29 Å². The van der Waals surface area contributed by atoms with Gasteiger partial charge in [0.15, 0.2) is 0 Å². The van der Waals surface area contributed by atoms with Crippen LogP contribution in [0.15, 0.2) is 23.5 Å². The molecule has 1 aliphatic carbocycles. The van der Waals surface area contributed by atoms with E-state index in [0.29, 0.717) is 12.4 Å². The van der Waals surface area contributed by atoms with Gasteiger partial charge in [-0.1, -0.05) is 0 Å². The van der Waals surface area contributed by atoms with Crippen LogP contribution in [0.25, 0.3) is 0 Å². The molecule has 0 aromatic rings. The summed E-state index contributed by atoms with van der Waals surface area (Å²) in [5, 5.41) is 28.6. The topological polar surface area (TPSA) is 101 Å². The zero-order valence-electron chi connectivity index (χ0n) is 6.51. The van der Waals surface area contributed by atoms with Crippen molar-refractivity contribution in [2.24, 2.45) is 0 Å². The fraction of sp³-hybridized carbons (Fsp3) is 0.286. The number of nitro groups is 1. The average molecular weight is 185 g/mol. The number of aliphatic hydroxyl groups is 2. The van der Waals surface area contributed by atoms with Crippen molar-refractivity contribution in [3.63, 3.8) is 0 Å². The number of allylic oxidation sites excluding steroid dienone is 1. The summed E-state index contributed by atoms with van der Waals surface area (Å²) in [7, 11) is 0. The highest BCUT2D eigenvalue weighted by molar-refractivity contribution is 5.74. The summed E-state index contributed by atoms with van der Waals surface area (Å²) in [5.74, 6) is -0.385. The van der Waals surface area contributed by atoms with Crippen LogP contribution in [0.1, 0.15) is 6.42 Å². The number of hydrogen-bond acceptors (Lipinski definition) is 5. The number of aliphatic hydroxyl groups excluding tert-OH is 1. The van der Waals surface area contributed by atoms with E-state index in [9.17, 15) is 20.0 Å². The van der Waals surface area contributed by atoms with Gasteiger partial charge in [-0.3, -0.25) is 14.9 Å². The highest BCUT2D eigenvalue weighted by Crippen LogP contribution is 2.23. The average Bonchev–Trinajstić information content (AvgIpc) is 2.02. The van der Waals surface area contributed by atoms with Crippen LogP contribution >= 0.6 is 0 Å². The van der Waals surface area contributed by atoms with Crippen molar-refractivity contribution in [2.75, 3.05) is 0 Å². The Hall–Kier alpha value is -1.69. The molecule has 0 fully saturated rings. The number of carbonyl (C=O) groups is 1. The van der Waals surface area contributed by atoms with E-state index < -0.39 is 10.6 Å². The summed E-state index contributed by atoms with van der Waals surface area (Å²) in [5.41, 5.74) is -2.47. The van der Waals surface area contributed by atoms with Gasteiger partial charge in [0.05, 0.1) is 11.0 Å². The second kappa shape index (κ2) is 2.98. The van der Waals surface area contributed by atoms with Crippen LogP contribution < -0.4 is 0 Å². The summed E-state index contributed by atoms with van der Waals surface area (Å²) in [6.45, 7) is 0. The van der Waals surface area contributed by atoms with E-state index in [2.05, 4.69) is 0 Å². The van der Waals surface area contributed by atoms with Gasteiger partial charge < -0.3 is 10.2 Å². The Morgan fingerprint density at radius 2 is 2.23 bits per heavy atom. The van der Waals surface area contributed by atoms with Crippen LogP contribution in [0.3, 0.4) is 0 Å². The van der Waals surface area contributed by atoms with Crippen LogP contribution in [-0.4, -0.2) is 27.1 Å². The minimum Gasteiger partial charge on any atom is -0.512 e. The zero-order valence-corrected chi connectivity index (χ0v) is 6.51. The first-order valence-corrected chi connectivity index (χ1v) is 3.42.